The third kappa shape index (κ3) is 3.01. The molecule has 5 heteroatoms. The smallest absolute Gasteiger partial charge is 0.271 e. The van der Waals surface area contributed by atoms with Gasteiger partial charge in [0.05, 0.1) is 6.20 Å². The topological polar surface area (TPSA) is 75.1 Å². The number of phenols is 1. The number of carbonyl (C=O) groups is 1. The molecule has 0 radical (unpaired) electrons. The van der Waals surface area contributed by atoms with Gasteiger partial charge in [0.15, 0.2) is 0 Å². The number of phenolic OH excluding ortho intramolecular Hbond substituents is 1. The molecule has 0 atom stereocenters. The highest BCUT2D eigenvalue weighted by atomic mass is 16.3. The maximum Gasteiger partial charge on any atom is 0.271 e. The van der Waals surface area contributed by atoms with E-state index in [2.05, 4.69) is 15.3 Å². The summed E-state index contributed by atoms with van der Waals surface area (Å²) in [7, 11) is 0. The molecular formula is C12H11N3O2. The summed E-state index contributed by atoms with van der Waals surface area (Å²) in [6.07, 6.45) is 4.39. The van der Waals surface area contributed by atoms with Crippen molar-refractivity contribution in [1.82, 2.24) is 15.3 Å². The lowest BCUT2D eigenvalue weighted by Crippen LogP contribution is -2.23. The van der Waals surface area contributed by atoms with E-state index in [1.54, 1.807) is 24.3 Å². The molecular weight excluding hydrogens is 218 g/mol. The predicted octanol–water partition coefficient (Wildman–Crippen LogP) is 1.11. The van der Waals surface area contributed by atoms with Gasteiger partial charge in [-0.05, 0) is 17.7 Å². The van der Waals surface area contributed by atoms with Crippen molar-refractivity contribution in [2.45, 2.75) is 6.54 Å². The van der Waals surface area contributed by atoms with E-state index in [4.69, 9.17) is 5.11 Å². The number of hydrogen-bond donors (Lipinski definition) is 2. The average Bonchev–Trinajstić information content (AvgIpc) is 2.39. The number of nitrogens with zero attached hydrogens (tertiary/aromatic N) is 2. The Bertz CT molecular complexity index is 497. The van der Waals surface area contributed by atoms with Crippen molar-refractivity contribution >= 4 is 5.91 Å². The van der Waals surface area contributed by atoms with Gasteiger partial charge in [0, 0.05) is 18.9 Å². The van der Waals surface area contributed by atoms with E-state index in [0.29, 0.717) is 6.54 Å². The largest absolute Gasteiger partial charge is 0.508 e. The molecule has 1 aromatic heterocycles. The Morgan fingerprint density at radius 2 is 2.00 bits per heavy atom. The highest BCUT2D eigenvalue weighted by Gasteiger charge is 2.05. The van der Waals surface area contributed by atoms with Crippen molar-refractivity contribution in [3.8, 4) is 5.75 Å². The molecule has 0 saturated carbocycles. The fourth-order valence-electron chi connectivity index (χ4n) is 1.30. The van der Waals surface area contributed by atoms with Crippen LogP contribution in [-0.2, 0) is 6.54 Å². The summed E-state index contributed by atoms with van der Waals surface area (Å²) in [5, 5.41) is 11.8. The van der Waals surface area contributed by atoms with Crippen LogP contribution < -0.4 is 5.32 Å². The molecule has 0 bridgehead atoms. The van der Waals surface area contributed by atoms with Crippen molar-refractivity contribution in [3.05, 3.63) is 54.1 Å². The van der Waals surface area contributed by atoms with Crippen LogP contribution in [0.15, 0.2) is 42.9 Å². The van der Waals surface area contributed by atoms with Crippen LogP contribution >= 0.6 is 0 Å². The number of rotatable bonds is 3. The fraction of sp³-hybridized carbons (Fsp3) is 0.0833. The minimum atomic E-state index is -0.272. The zero-order valence-electron chi connectivity index (χ0n) is 9.00. The van der Waals surface area contributed by atoms with Crippen molar-refractivity contribution in [2.75, 3.05) is 0 Å². The van der Waals surface area contributed by atoms with Crippen LogP contribution in [-0.4, -0.2) is 21.0 Å². The molecule has 0 saturated heterocycles. The first-order valence-electron chi connectivity index (χ1n) is 5.08. The molecule has 1 amide bonds. The zero-order chi connectivity index (χ0) is 12.1. The van der Waals surface area contributed by atoms with Crippen LogP contribution in [0.3, 0.4) is 0 Å². The third-order valence-electron chi connectivity index (χ3n) is 2.19. The summed E-state index contributed by atoms with van der Waals surface area (Å²) in [4.78, 5) is 19.3. The van der Waals surface area contributed by atoms with Crippen LogP contribution in [0.25, 0.3) is 0 Å². The standard InChI is InChI=1S/C12H11N3O2/c16-10-3-1-9(2-4-10)7-15-12(17)11-8-13-5-6-14-11/h1-6,8,16H,7H2,(H,15,17). The Morgan fingerprint density at radius 3 is 2.65 bits per heavy atom. The number of hydrogen-bond acceptors (Lipinski definition) is 4. The Kier molecular flexibility index (Phi) is 3.30. The van der Waals surface area contributed by atoms with Gasteiger partial charge in [-0.2, -0.15) is 0 Å². The summed E-state index contributed by atoms with van der Waals surface area (Å²) in [6.45, 7) is 0.385. The second-order valence-corrected chi connectivity index (χ2v) is 3.44. The van der Waals surface area contributed by atoms with Crippen LogP contribution in [0.4, 0.5) is 0 Å². The van der Waals surface area contributed by atoms with Crippen LogP contribution in [0.1, 0.15) is 16.1 Å². The Morgan fingerprint density at radius 1 is 1.24 bits per heavy atom. The van der Waals surface area contributed by atoms with E-state index in [1.807, 2.05) is 0 Å². The van der Waals surface area contributed by atoms with E-state index in [-0.39, 0.29) is 17.4 Å². The summed E-state index contributed by atoms with van der Waals surface area (Å²) in [5.74, 6) is -0.0693. The summed E-state index contributed by atoms with van der Waals surface area (Å²) in [5.41, 5.74) is 1.19. The highest BCUT2D eigenvalue weighted by molar-refractivity contribution is 5.91. The first-order chi connectivity index (χ1) is 8.25. The van der Waals surface area contributed by atoms with Gasteiger partial charge in [0.2, 0.25) is 0 Å². The summed E-state index contributed by atoms with van der Waals surface area (Å²) in [6, 6.07) is 6.63. The zero-order valence-corrected chi connectivity index (χ0v) is 9.00. The second-order valence-electron chi connectivity index (χ2n) is 3.44. The summed E-state index contributed by atoms with van der Waals surface area (Å²) >= 11 is 0. The van der Waals surface area contributed by atoms with Crippen LogP contribution in [0.5, 0.6) is 5.75 Å². The van der Waals surface area contributed by atoms with Gasteiger partial charge >= 0.3 is 0 Å². The fourth-order valence-corrected chi connectivity index (χ4v) is 1.30. The lowest BCUT2D eigenvalue weighted by atomic mass is 10.2. The third-order valence-corrected chi connectivity index (χ3v) is 2.19. The Balaban J connectivity index is 1.95. The quantitative estimate of drug-likeness (QED) is 0.826. The monoisotopic (exact) mass is 229 g/mol. The van der Waals surface area contributed by atoms with Crippen molar-refractivity contribution in [3.63, 3.8) is 0 Å². The number of carbonyl (C=O) groups excluding carboxylic acids is 1. The molecule has 0 fully saturated rings. The van der Waals surface area contributed by atoms with Gasteiger partial charge in [-0.25, -0.2) is 4.98 Å². The normalized spacial score (nSPS) is 9.88. The molecule has 0 aliphatic heterocycles. The number of aromatic nitrogens is 2. The lowest BCUT2D eigenvalue weighted by molar-refractivity contribution is 0.0945. The van der Waals surface area contributed by atoms with Gasteiger partial charge in [-0.3, -0.25) is 9.78 Å². The van der Waals surface area contributed by atoms with Gasteiger partial charge in [-0.1, -0.05) is 12.1 Å². The Hall–Kier alpha value is -2.43. The van der Waals surface area contributed by atoms with Gasteiger partial charge in [0.25, 0.3) is 5.91 Å². The molecule has 2 N–H and O–H groups in total. The van der Waals surface area contributed by atoms with Gasteiger partial charge < -0.3 is 10.4 Å². The first kappa shape index (κ1) is 11.1. The number of aromatic hydroxyl groups is 1. The molecule has 2 aromatic rings. The van der Waals surface area contributed by atoms with E-state index in [1.165, 1.54) is 18.6 Å². The van der Waals surface area contributed by atoms with Crippen LogP contribution in [0.2, 0.25) is 0 Å². The molecule has 1 aromatic carbocycles. The molecule has 0 aliphatic carbocycles. The van der Waals surface area contributed by atoms with Gasteiger partial charge in [0.1, 0.15) is 11.4 Å². The molecule has 0 spiro atoms. The summed E-state index contributed by atoms with van der Waals surface area (Å²) < 4.78 is 0. The minimum absolute atomic E-state index is 0.203. The predicted molar refractivity (Wildman–Crippen MR) is 61.3 cm³/mol. The number of nitrogens with one attached hydrogen (secondary N) is 1. The molecule has 2 rings (SSSR count). The van der Waals surface area contributed by atoms with E-state index >= 15 is 0 Å². The number of amides is 1. The molecule has 17 heavy (non-hydrogen) atoms. The maximum atomic E-state index is 11.6. The number of benzene rings is 1. The second kappa shape index (κ2) is 5.07. The maximum absolute atomic E-state index is 11.6. The van der Waals surface area contributed by atoms with Crippen molar-refractivity contribution in [1.29, 1.82) is 0 Å². The highest BCUT2D eigenvalue weighted by Crippen LogP contribution is 2.09. The molecule has 0 aliphatic rings. The first-order valence-corrected chi connectivity index (χ1v) is 5.08. The average molecular weight is 229 g/mol. The minimum Gasteiger partial charge on any atom is -0.508 e. The SMILES string of the molecule is O=C(NCc1ccc(O)cc1)c1cnccn1. The molecule has 1 heterocycles. The molecule has 86 valence electrons. The van der Waals surface area contributed by atoms with Crippen molar-refractivity contribution in [2.24, 2.45) is 0 Å². The van der Waals surface area contributed by atoms with E-state index in [0.717, 1.165) is 5.56 Å². The van der Waals surface area contributed by atoms with Crippen molar-refractivity contribution < 1.29 is 9.90 Å². The molecule has 0 unspecified atom stereocenters. The molecule has 5 nitrogen and oxygen atoms in total. The Labute approximate surface area is 98.2 Å². The van der Waals surface area contributed by atoms with E-state index in [9.17, 15) is 4.79 Å². The van der Waals surface area contributed by atoms with Crippen LogP contribution in [0, 0.1) is 0 Å². The van der Waals surface area contributed by atoms with E-state index < -0.39 is 0 Å². The van der Waals surface area contributed by atoms with Gasteiger partial charge in [-0.15, -0.1) is 0 Å². The lowest BCUT2D eigenvalue weighted by Gasteiger charge is -2.04.